The molecule has 0 atom stereocenters. The molecule has 0 fully saturated rings. The van der Waals surface area contributed by atoms with E-state index in [9.17, 15) is 0 Å². The fourth-order valence-corrected chi connectivity index (χ4v) is 1.99. The minimum Gasteiger partial charge on any atom is -0.448 e. The number of ether oxygens (including phenoxy) is 1. The highest BCUT2D eigenvalue weighted by molar-refractivity contribution is 5.61. The Morgan fingerprint density at radius 1 is 1.00 bits per heavy atom. The normalized spacial score (nSPS) is 10.2. The summed E-state index contributed by atoms with van der Waals surface area (Å²) in [7, 11) is 7.78. The molecular formula is C15H19N2O+. The molecule has 0 unspecified atom stereocenters. The number of benzene rings is 1. The van der Waals surface area contributed by atoms with E-state index in [1.54, 1.807) is 7.11 Å². The summed E-state index contributed by atoms with van der Waals surface area (Å²) >= 11 is 0. The highest BCUT2D eigenvalue weighted by Crippen LogP contribution is 2.20. The average Bonchev–Trinajstić information content (AvgIpc) is 2.39. The van der Waals surface area contributed by atoms with Gasteiger partial charge in [0.15, 0.2) is 0 Å². The molecule has 0 spiro atoms. The maximum atomic E-state index is 5.32. The minimum absolute atomic E-state index is 0.851. The van der Waals surface area contributed by atoms with Crippen molar-refractivity contribution >= 4 is 5.69 Å². The van der Waals surface area contributed by atoms with Crippen molar-refractivity contribution in [3.63, 3.8) is 0 Å². The SMILES string of the molecule is COc1cccc(-c2ccc(N(C)C)cc2)[n+]1C. The van der Waals surface area contributed by atoms with Crippen LogP contribution in [0.5, 0.6) is 5.88 Å². The zero-order valence-corrected chi connectivity index (χ0v) is 11.3. The third kappa shape index (κ3) is 2.30. The fourth-order valence-electron chi connectivity index (χ4n) is 1.99. The molecule has 2 aromatic rings. The summed E-state index contributed by atoms with van der Waals surface area (Å²) in [6.07, 6.45) is 0. The van der Waals surface area contributed by atoms with Gasteiger partial charge in [-0.15, -0.1) is 0 Å². The first-order chi connectivity index (χ1) is 8.63. The van der Waals surface area contributed by atoms with Gasteiger partial charge in [-0.3, -0.25) is 0 Å². The highest BCUT2D eigenvalue weighted by atomic mass is 16.5. The first-order valence-electron chi connectivity index (χ1n) is 5.94. The van der Waals surface area contributed by atoms with E-state index in [0.29, 0.717) is 0 Å². The molecule has 0 aliphatic heterocycles. The maximum Gasteiger partial charge on any atom is 0.367 e. The van der Waals surface area contributed by atoms with E-state index in [4.69, 9.17) is 4.74 Å². The number of rotatable bonds is 3. The van der Waals surface area contributed by atoms with E-state index >= 15 is 0 Å². The molecule has 1 aromatic carbocycles. The standard InChI is InChI=1S/C15H19N2O/c1-16(2)13-10-8-12(9-11-13)14-6-5-7-15(18-4)17(14)3/h5-11H,1-4H3/q+1. The molecule has 0 radical (unpaired) electrons. The average molecular weight is 243 g/mol. The van der Waals surface area contributed by atoms with E-state index < -0.39 is 0 Å². The Balaban J connectivity index is 2.43. The van der Waals surface area contributed by atoms with Crippen LogP contribution in [0.1, 0.15) is 0 Å². The Bertz CT molecular complexity index is 533. The molecule has 0 amide bonds. The lowest BCUT2D eigenvalue weighted by atomic mass is 10.1. The van der Waals surface area contributed by atoms with Gasteiger partial charge in [-0.1, -0.05) is 0 Å². The van der Waals surface area contributed by atoms with Crippen molar-refractivity contribution in [2.24, 2.45) is 7.05 Å². The summed E-state index contributed by atoms with van der Waals surface area (Å²) in [6.45, 7) is 0. The molecule has 94 valence electrons. The van der Waals surface area contributed by atoms with Gasteiger partial charge in [-0.2, -0.15) is 4.57 Å². The summed E-state index contributed by atoms with van der Waals surface area (Å²) in [6, 6.07) is 14.6. The number of hydrogen-bond donors (Lipinski definition) is 0. The van der Waals surface area contributed by atoms with Crippen LogP contribution in [0.2, 0.25) is 0 Å². The van der Waals surface area contributed by atoms with Gasteiger partial charge in [0.1, 0.15) is 7.05 Å². The molecule has 0 saturated heterocycles. The van der Waals surface area contributed by atoms with Crippen molar-refractivity contribution < 1.29 is 9.30 Å². The minimum atomic E-state index is 0.851. The van der Waals surface area contributed by atoms with E-state index in [0.717, 1.165) is 11.6 Å². The Kier molecular flexibility index (Phi) is 3.51. The molecule has 3 nitrogen and oxygen atoms in total. The molecule has 3 heteroatoms. The molecule has 0 N–H and O–H groups in total. The van der Waals surface area contributed by atoms with Crippen LogP contribution < -0.4 is 14.2 Å². The lowest BCUT2D eigenvalue weighted by molar-refractivity contribution is -0.665. The molecule has 2 rings (SSSR count). The monoisotopic (exact) mass is 243 g/mol. The number of anilines is 1. The largest absolute Gasteiger partial charge is 0.448 e. The zero-order valence-electron chi connectivity index (χ0n) is 11.3. The van der Waals surface area contributed by atoms with Crippen molar-refractivity contribution in [3.8, 4) is 17.1 Å². The van der Waals surface area contributed by atoms with Crippen LogP contribution in [0.4, 0.5) is 5.69 Å². The molecule has 18 heavy (non-hydrogen) atoms. The summed E-state index contributed by atoms with van der Waals surface area (Å²) in [4.78, 5) is 2.09. The van der Waals surface area contributed by atoms with Gasteiger partial charge in [0, 0.05) is 31.4 Å². The lowest BCUT2D eigenvalue weighted by Gasteiger charge is -2.12. The third-order valence-electron chi connectivity index (χ3n) is 3.07. The number of nitrogens with zero attached hydrogens (tertiary/aromatic N) is 2. The maximum absolute atomic E-state index is 5.32. The first kappa shape index (κ1) is 12.4. The Morgan fingerprint density at radius 3 is 2.22 bits per heavy atom. The first-order valence-corrected chi connectivity index (χ1v) is 5.94. The van der Waals surface area contributed by atoms with E-state index in [1.807, 2.05) is 37.8 Å². The molecule has 0 aliphatic carbocycles. The van der Waals surface area contributed by atoms with Gasteiger partial charge in [-0.05, 0) is 30.3 Å². The van der Waals surface area contributed by atoms with Gasteiger partial charge in [0.2, 0.25) is 5.69 Å². The van der Waals surface area contributed by atoms with Crippen molar-refractivity contribution in [2.45, 2.75) is 0 Å². The second kappa shape index (κ2) is 5.08. The highest BCUT2D eigenvalue weighted by Gasteiger charge is 2.14. The van der Waals surface area contributed by atoms with Crippen molar-refractivity contribution in [1.29, 1.82) is 0 Å². The molecule has 0 saturated carbocycles. The van der Waals surface area contributed by atoms with E-state index in [2.05, 4.69) is 35.2 Å². The number of aromatic nitrogens is 1. The van der Waals surface area contributed by atoms with Crippen molar-refractivity contribution in [1.82, 2.24) is 0 Å². The molecule has 0 aliphatic rings. The molecule has 0 bridgehead atoms. The summed E-state index contributed by atoms with van der Waals surface area (Å²) < 4.78 is 7.37. The smallest absolute Gasteiger partial charge is 0.367 e. The third-order valence-corrected chi connectivity index (χ3v) is 3.07. The van der Waals surface area contributed by atoms with Crippen LogP contribution in [0.25, 0.3) is 11.3 Å². The predicted molar refractivity (Wildman–Crippen MR) is 73.9 cm³/mol. The number of methoxy groups -OCH3 is 1. The second-order valence-electron chi connectivity index (χ2n) is 4.45. The van der Waals surface area contributed by atoms with Crippen molar-refractivity contribution in [3.05, 3.63) is 42.5 Å². The van der Waals surface area contributed by atoms with Crippen LogP contribution in [0.3, 0.4) is 0 Å². The second-order valence-corrected chi connectivity index (χ2v) is 4.45. The molecule has 1 aromatic heterocycles. The van der Waals surface area contributed by atoms with Crippen LogP contribution in [-0.4, -0.2) is 21.2 Å². The van der Waals surface area contributed by atoms with Crippen LogP contribution in [0, 0.1) is 0 Å². The Hall–Kier alpha value is -2.03. The Morgan fingerprint density at radius 2 is 1.67 bits per heavy atom. The topological polar surface area (TPSA) is 16.4 Å². The van der Waals surface area contributed by atoms with Crippen LogP contribution in [0.15, 0.2) is 42.5 Å². The van der Waals surface area contributed by atoms with Gasteiger partial charge in [0.05, 0.1) is 13.2 Å². The van der Waals surface area contributed by atoms with Crippen LogP contribution in [-0.2, 0) is 7.05 Å². The molecule has 1 heterocycles. The van der Waals surface area contributed by atoms with Gasteiger partial charge >= 0.3 is 5.88 Å². The van der Waals surface area contributed by atoms with Gasteiger partial charge < -0.3 is 9.64 Å². The van der Waals surface area contributed by atoms with E-state index in [-0.39, 0.29) is 0 Å². The quantitative estimate of drug-likeness (QED) is 0.769. The fraction of sp³-hybridized carbons (Fsp3) is 0.267. The lowest BCUT2D eigenvalue weighted by Crippen LogP contribution is -2.32. The zero-order chi connectivity index (χ0) is 13.1. The summed E-state index contributed by atoms with van der Waals surface area (Å²) in [5, 5.41) is 0. The summed E-state index contributed by atoms with van der Waals surface area (Å²) in [5.74, 6) is 0.851. The number of hydrogen-bond acceptors (Lipinski definition) is 2. The van der Waals surface area contributed by atoms with Crippen molar-refractivity contribution in [2.75, 3.05) is 26.1 Å². The summed E-state index contributed by atoms with van der Waals surface area (Å²) in [5.41, 5.74) is 3.52. The number of pyridine rings is 1. The Labute approximate surface area is 108 Å². The molecular weight excluding hydrogens is 224 g/mol. The van der Waals surface area contributed by atoms with Gasteiger partial charge in [0.25, 0.3) is 0 Å². The van der Waals surface area contributed by atoms with Crippen LogP contribution >= 0.6 is 0 Å². The predicted octanol–water partition coefficient (Wildman–Crippen LogP) is 2.25. The van der Waals surface area contributed by atoms with E-state index in [1.165, 1.54) is 11.3 Å². The van der Waals surface area contributed by atoms with Gasteiger partial charge in [-0.25, -0.2) is 0 Å².